The van der Waals surface area contributed by atoms with E-state index >= 15 is 0 Å². The van der Waals surface area contributed by atoms with E-state index < -0.39 is 0 Å². The number of nitrogens with zero attached hydrogens (tertiary/aromatic N) is 4. The van der Waals surface area contributed by atoms with Crippen LogP contribution in [0.4, 0.5) is 17.6 Å². The Morgan fingerprint density at radius 3 is 2.73 bits per heavy atom. The summed E-state index contributed by atoms with van der Waals surface area (Å²) >= 11 is 0. The summed E-state index contributed by atoms with van der Waals surface area (Å²) in [6.07, 6.45) is 5.94. The third-order valence-electron chi connectivity index (χ3n) is 4.80. The SMILES string of the molecule is CCCCC1CCc2c(nc(N)nc2N2CCN(C)CC2)N1. The molecule has 1 aromatic rings. The number of piperazine rings is 1. The van der Waals surface area contributed by atoms with Crippen LogP contribution in [0, 0.1) is 0 Å². The molecule has 0 amide bonds. The Morgan fingerprint density at radius 1 is 1.23 bits per heavy atom. The average Bonchev–Trinajstić information content (AvgIpc) is 2.52. The smallest absolute Gasteiger partial charge is 0.223 e. The summed E-state index contributed by atoms with van der Waals surface area (Å²) in [4.78, 5) is 13.7. The standard InChI is InChI=1S/C16H28N6/c1-3-4-5-12-6-7-13-14(18-12)19-16(17)20-15(13)22-10-8-21(2)9-11-22/h12H,3-11H2,1-2H3,(H3,17,18,19,20). The maximum absolute atomic E-state index is 5.96. The van der Waals surface area contributed by atoms with E-state index in [2.05, 4.69) is 39.1 Å². The molecular weight excluding hydrogens is 276 g/mol. The van der Waals surface area contributed by atoms with E-state index in [4.69, 9.17) is 5.73 Å². The Balaban J connectivity index is 1.80. The molecule has 2 aliphatic rings. The van der Waals surface area contributed by atoms with E-state index in [0.717, 1.165) is 44.2 Å². The molecule has 0 aromatic carbocycles. The molecule has 3 heterocycles. The first kappa shape index (κ1) is 15.3. The number of nitrogen functional groups attached to an aromatic ring is 1. The molecule has 0 radical (unpaired) electrons. The highest BCUT2D eigenvalue weighted by Gasteiger charge is 2.26. The lowest BCUT2D eigenvalue weighted by Gasteiger charge is -2.36. The molecule has 1 fully saturated rings. The molecule has 3 N–H and O–H groups in total. The van der Waals surface area contributed by atoms with E-state index in [0.29, 0.717) is 12.0 Å². The zero-order valence-corrected chi connectivity index (χ0v) is 13.8. The van der Waals surface area contributed by atoms with Crippen molar-refractivity contribution < 1.29 is 0 Å². The molecular formula is C16H28N6. The lowest BCUT2D eigenvalue weighted by molar-refractivity contribution is 0.311. The second-order valence-electron chi connectivity index (χ2n) is 6.55. The molecule has 1 unspecified atom stereocenters. The summed E-state index contributed by atoms with van der Waals surface area (Å²) in [6.45, 7) is 6.41. The Bertz CT molecular complexity index is 510. The number of aromatic nitrogens is 2. The molecule has 0 saturated carbocycles. The fourth-order valence-electron chi connectivity index (χ4n) is 3.37. The summed E-state index contributed by atoms with van der Waals surface area (Å²) in [5.74, 6) is 2.40. The molecule has 0 bridgehead atoms. The summed E-state index contributed by atoms with van der Waals surface area (Å²) < 4.78 is 0. The number of hydrogen-bond acceptors (Lipinski definition) is 6. The fraction of sp³-hybridized carbons (Fsp3) is 0.750. The maximum atomic E-state index is 5.96. The van der Waals surface area contributed by atoms with Crippen molar-refractivity contribution in [1.82, 2.24) is 14.9 Å². The normalized spacial score (nSPS) is 22.3. The first-order valence-electron chi connectivity index (χ1n) is 8.53. The zero-order chi connectivity index (χ0) is 15.5. The number of fused-ring (bicyclic) bond motifs is 1. The summed E-state index contributed by atoms with van der Waals surface area (Å²) in [5, 5.41) is 3.59. The van der Waals surface area contributed by atoms with Crippen molar-refractivity contribution in [3.8, 4) is 0 Å². The van der Waals surface area contributed by atoms with Crippen molar-refractivity contribution in [1.29, 1.82) is 0 Å². The van der Waals surface area contributed by atoms with Crippen LogP contribution in [-0.2, 0) is 6.42 Å². The molecule has 1 saturated heterocycles. The Labute approximate surface area is 133 Å². The lowest BCUT2D eigenvalue weighted by atomic mass is 9.97. The molecule has 0 spiro atoms. The van der Waals surface area contributed by atoms with E-state index in [-0.39, 0.29) is 0 Å². The van der Waals surface area contributed by atoms with Crippen molar-refractivity contribution in [2.75, 3.05) is 49.2 Å². The van der Waals surface area contributed by atoms with Gasteiger partial charge in [0.05, 0.1) is 0 Å². The molecule has 3 rings (SSSR count). The van der Waals surface area contributed by atoms with E-state index in [1.165, 1.54) is 31.2 Å². The van der Waals surface area contributed by atoms with E-state index in [1.54, 1.807) is 0 Å². The van der Waals surface area contributed by atoms with Gasteiger partial charge in [0.15, 0.2) is 0 Å². The fourth-order valence-corrected chi connectivity index (χ4v) is 3.37. The second kappa shape index (κ2) is 6.69. The average molecular weight is 304 g/mol. The Morgan fingerprint density at radius 2 is 2.00 bits per heavy atom. The minimum atomic E-state index is 0.385. The molecule has 6 heteroatoms. The van der Waals surface area contributed by atoms with Crippen LogP contribution < -0.4 is 16.0 Å². The van der Waals surface area contributed by atoms with Crippen LogP contribution >= 0.6 is 0 Å². The molecule has 1 aromatic heterocycles. The van der Waals surface area contributed by atoms with Crippen molar-refractivity contribution >= 4 is 17.6 Å². The van der Waals surface area contributed by atoms with Crippen molar-refractivity contribution in [3.05, 3.63) is 5.56 Å². The van der Waals surface area contributed by atoms with Crippen LogP contribution in [0.2, 0.25) is 0 Å². The second-order valence-corrected chi connectivity index (χ2v) is 6.55. The van der Waals surface area contributed by atoms with Gasteiger partial charge in [-0.25, -0.2) is 0 Å². The topological polar surface area (TPSA) is 70.3 Å². The Hall–Kier alpha value is -1.56. The van der Waals surface area contributed by atoms with E-state index in [1.807, 2.05) is 0 Å². The molecule has 0 aliphatic carbocycles. The summed E-state index contributed by atoms with van der Waals surface area (Å²) in [5.41, 5.74) is 7.22. The largest absolute Gasteiger partial charge is 0.368 e. The van der Waals surface area contributed by atoms with Crippen molar-refractivity contribution in [2.24, 2.45) is 0 Å². The van der Waals surface area contributed by atoms with Gasteiger partial charge < -0.3 is 20.9 Å². The molecule has 22 heavy (non-hydrogen) atoms. The van der Waals surface area contributed by atoms with Gasteiger partial charge in [-0.1, -0.05) is 19.8 Å². The number of rotatable bonds is 4. The molecule has 6 nitrogen and oxygen atoms in total. The highest BCUT2D eigenvalue weighted by atomic mass is 15.3. The summed E-state index contributed by atoms with van der Waals surface area (Å²) in [7, 11) is 2.17. The van der Waals surface area contributed by atoms with Crippen LogP contribution in [0.15, 0.2) is 0 Å². The minimum Gasteiger partial charge on any atom is -0.368 e. The molecule has 1 atom stereocenters. The predicted octanol–water partition coefficient (Wildman–Crippen LogP) is 1.73. The van der Waals surface area contributed by atoms with E-state index in [9.17, 15) is 0 Å². The number of likely N-dealkylation sites (N-methyl/N-ethyl adjacent to an activating group) is 1. The third kappa shape index (κ3) is 3.27. The van der Waals surface area contributed by atoms with Gasteiger partial charge in [0.1, 0.15) is 11.6 Å². The lowest BCUT2D eigenvalue weighted by Crippen LogP contribution is -2.45. The number of anilines is 3. The highest BCUT2D eigenvalue weighted by molar-refractivity contribution is 5.63. The van der Waals surface area contributed by atoms with Gasteiger partial charge >= 0.3 is 0 Å². The van der Waals surface area contributed by atoms with Gasteiger partial charge in [-0.05, 0) is 26.3 Å². The van der Waals surface area contributed by atoms with Crippen LogP contribution in [0.3, 0.4) is 0 Å². The van der Waals surface area contributed by atoms with Crippen LogP contribution in [0.5, 0.6) is 0 Å². The van der Waals surface area contributed by atoms with Crippen LogP contribution in [-0.4, -0.2) is 54.1 Å². The monoisotopic (exact) mass is 304 g/mol. The van der Waals surface area contributed by atoms with Crippen LogP contribution in [0.1, 0.15) is 38.2 Å². The van der Waals surface area contributed by atoms with Crippen molar-refractivity contribution in [2.45, 2.75) is 45.1 Å². The van der Waals surface area contributed by atoms with Gasteiger partial charge in [0.25, 0.3) is 0 Å². The minimum absolute atomic E-state index is 0.385. The highest BCUT2D eigenvalue weighted by Crippen LogP contribution is 2.32. The van der Waals surface area contributed by atoms with Gasteiger partial charge in [-0.2, -0.15) is 9.97 Å². The van der Waals surface area contributed by atoms with Gasteiger partial charge in [-0.15, -0.1) is 0 Å². The van der Waals surface area contributed by atoms with Crippen molar-refractivity contribution in [3.63, 3.8) is 0 Å². The molecule has 122 valence electrons. The van der Waals surface area contributed by atoms with Crippen LogP contribution in [0.25, 0.3) is 0 Å². The summed E-state index contributed by atoms with van der Waals surface area (Å²) in [6, 6.07) is 0.530. The number of hydrogen-bond donors (Lipinski definition) is 2. The Kier molecular flexibility index (Phi) is 4.66. The quantitative estimate of drug-likeness (QED) is 0.883. The zero-order valence-electron chi connectivity index (χ0n) is 13.8. The maximum Gasteiger partial charge on any atom is 0.223 e. The number of nitrogens with one attached hydrogen (secondary N) is 1. The first-order chi connectivity index (χ1) is 10.7. The van der Waals surface area contributed by atoms with Gasteiger partial charge in [0, 0.05) is 37.8 Å². The number of nitrogens with two attached hydrogens (primary N) is 1. The molecule has 2 aliphatic heterocycles. The van der Waals surface area contributed by atoms with Gasteiger partial charge in [0.2, 0.25) is 5.95 Å². The van der Waals surface area contributed by atoms with Gasteiger partial charge in [-0.3, -0.25) is 0 Å². The number of unbranched alkanes of at least 4 members (excludes halogenated alkanes) is 1. The predicted molar refractivity (Wildman–Crippen MR) is 91.4 cm³/mol. The third-order valence-corrected chi connectivity index (χ3v) is 4.80. The first-order valence-corrected chi connectivity index (χ1v) is 8.53.